The zero-order valence-electron chi connectivity index (χ0n) is 30.2. The van der Waals surface area contributed by atoms with Gasteiger partial charge in [-0.05, 0) is 103 Å². The van der Waals surface area contributed by atoms with E-state index < -0.39 is 8.07 Å². The minimum Gasteiger partial charge on any atom is -0.347 e. The highest BCUT2D eigenvalue weighted by molar-refractivity contribution is 7.20. The zero-order chi connectivity index (χ0) is 35.5. The minimum atomic E-state index is -2.90. The molecule has 0 fully saturated rings. The first kappa shape index (κ1) is 32.0. The quantitative estimate of drug-likeness (QED) is 0.129. The average Bonchev–Trinajstić information content (AvgIpc) is 3.73. The molecule has 0 N–H and O–H groups in total. The molecule has 0 aliphatic carbocycles. The molecular formula is C47H42N4Si. The summed E-state index contributed by atoms with van der Waals surface area (Å²) in [6.45, 7) is 9.84. The average molecular weight is 691 g/mol. The van der Waals surface area contributed by atoms with Crippen LogP contribution in [0, 0.1) is 6.92 Å². The fraction of sp³-hybridized carbons (Fsp3) is 0.128. The van der Waals surface area contributed by atoms with Gasteiger partial charge in [-0.3, -0.25) is 4.57 Å². The third-order valence-electron chi connectivity index (χ3n) is 10.8. The molecule has 254 valence electrons. The molecule has 0 unspecified atom stereocenters. The monoisotopic (exact) mass is 690 g/mol. The van der Waals surface area contributed by atoms with Crippen LogP contribution in [0.5, 0.6) is 0 Å². The van der Waals surface area contributed by atoms with E-state index in [0.29, 0.717) is 0 Å². The van der Waals surface area contributed by atoms with E-state index in [1.807, 2.05) is 6.20 Å². The van der Waals surface area contributed by atoms with Gasteiger partial charge in [0.25, 0.3) is 0 Å². The Morgan fingerprint density at radius 1 is 0.538 bits per heavy atom. The molecule has 2 aromatic heterocycles. The van der Waals surface area contributed by atoms with E-state index in [1.165, 1.54) is 59.7 Å². The number of nitrogens with zero attached hydrogens (tertiary/aromatic N) is 4. The van der Waals surface area contributed by atoms with Crippen LogP contribution in [0.25, 0.3) is 27.6 Å². The van der Waals surface area contributed by atoms with Gasteiger partial charge in [-0.1, -0.05) is 115 Å². The topological polar surface area (TPSA) is 24.3 Å². The molecule has 9 rings (SSSR count). The lowest BCUT2D eigenvalue weighted by Crippen LogP contribution is -2.74. The summed E-state index contributed by atoms with van der Waals surface area (Å²) in [5.41, 5.74) is 7.24. The predicted molar refractivity (Wildman–Crippen MR) is 223 cm³/mol. The lowest BCUT2D eigenvalue weighted by Gasteiger charge is -2.36. The number of hydrogen-bond acceptors (Lipinski definition) is 3. The van der Waals surface area contributed by atoms with E-state index in [-0.39, 0.29) is 5.54 Å². The summed E-state index contributed by atoms with van der Waals surface area (Å²) < 4.78 is 2.36. The number of hydrogen-bond donors (Lipinski definition) is 0. The molecular weight excluding hydrogens is 649 g/mol. The largest absolute Gasteiger partial charge is 0.347 e. The van der Waals surface area contributed by atoms with Crippen molar-refractivity contribution in [3.8, 4) is 5.82 Å². The maximum atomic E-state index is 4.91. The fourth-order valence-electron chi connectivity index (χ4n) is 8.39. The summed E-state index contributed by atoms with van der Waals surface area (Å²) in [5.74, 6) is 0.938. The first-order valence-corrected chi connectivity index (χ1v) is 20.2. The molecule has 0 saturated carbocycles. The Hall–Kier alpha value is -5.91. The van der Waals surface area contributed by atoms with Gasteiger partial charge in [0.1, 0.15) is 5.82 Å². The van der Waals surface area contributed by atoms with Crippen molar-refractivity contribution in [2.45, 2.75) is 33.2 Å². The summed E-state index contributed by atoms with van der Waals surface area (Å²) in [7, 11) is -2.90. The van der Waals surface area contributed by atoms with Crippen LogP contribution in [0.15, 0.2) is 170 Å². The van der Waals surface area contributed by atoms with Gasteiger partial charge in [0.05, 0.1) is 29.1 Å². The van der Waals surface area contributed by atoms with Crippen LogP contribution in [-0.4, -0.2) is 29.8 Å². The highest BCUT2D eigenvalue weighted by Crippen LogP contribution is 2.43. The molecule has 1 aliphatic heterocycles. The number of para-hydroxylation sites is 3. The van der Waals surface area contributed by atoms with Gasteiger partial charge in [-0.25, -0.2) is 4.98 Å². The van der Waals surface area contributed by atoms with Crippen LogP contribution in [0.3, 0.4) is 0 Å². The Morgan fingerprint density at radius 2 is 1.15 bits per heavy atom. The second-order valence-corrected chi connectivity index (χ2v) is 18.8. The highest BCUT2D eigenvalue weighted by Gasteiger charge is 2.42. The number of anilines is 3. The normalized spacial score (nSPS) is 13.2. The number of pyridine rings is 1. The molecule has 0 amide bonds. The third kappa shape index (κ3) is 5.07. The van der Waals surface area contributed by atoms with Gasteiger partial charge in [0.2, 0.25) is 0 Å². The summed E-state index contributed by atoms with van der Waals surface area (Å²) in [4.78, 5) is 9.91. The van der Waals surface area contributed by atoms with Gasteiger partial charge >= 0.3 is 0 Å². The van der Waals surface area contributed by atoms with Crippen molar-refractivity contribution in [2.24, 2.45) is 0 Å². The number of fused-ring (bicyclic) bond motifs is 4. The fourth-order valence-corrected chi connectivity index (χ4v) is 13.2. The van der Waals surface area contributed by atoms with Gasteiger partial charge < -0.3 is 9.80 Å². The van der Waals surface area contributed by atoms with Crippen molar-refractivity contribution < 1.29 is 0 Å². The molecule has 3 heterocycles. The van der Waals surface area contributed by atoms with Crippen molar-refractivity contribution in [1.82, 2.24) is 9.55 Å². The minimum absolute atomic E-state index is 0.0188. The van der Waals surface area contributed by atoms with Crippen molar-refractivity contribution >= 4 is 67.7 Å². The summed E-state index contributed by atoms with van der Waals surface area (Å²) in [6, 6.07) is 60.9. The Balaban J connectivity index is 1.34. The molecule has 0 radical (unpaired) electrons. The predicted octanol–water partition coefficient (Wildman–Crippen LogP) is 8.58. The van der Waals surface area contributed by atoms with E-state index in [4.69, 9.17) is 4.98 Å². The molecule has 0 atom stereocenters. The lowest BCUT2D eigenvalue weighted by molar-refractivity contribution is 0.518. The Kier molecular flexibility index (Phi) is 7.63. The SMILES string of the molecule is Cc1ccnc(-n2c3ccccc3c3ccc([Si](c4ccccc4)(c4ccccc4)c4cccc(N5CN(C(C)(C)C)c6ccccc65)c4)cc32)c1. The first-order valence-electron chi connectivity index (χ1n) is 18.2. The van der Waals surface area contributed by atoms with Crippen LogP contribution in [0.1, 0.15) is 26.3 Å². The van der Waals surface area contributed by atoms with Crippen LogP contribution in [0.4, 0.5) is 17.1 Å². The summed E-state index contributed by atoms with van der Waals surface area (Å²) in [6.07, 6.45) is 1.92. The number of benzene rings is 6. The van der Waals surface area contributed by atoms with Gasteiger partial charge in [0.15, 0.2) is 8.07 Å². The Labute approximate surface area is 307 Å². The Bertz CT molecular complexity index is 2530. The molecule has 0 saturated heterocycles. The van der Waals surface area contributed by atoms with Crippen LogP contribution >= 0.6 is 0 Å². The van der Waals surface area contributed by atoms with E-state index in [1.54, 1.807) is 0 Å². The maximum Gasteiger partial charge on any atom is 0.179 e. The van der Waals surface area contributed by atoms with Gasteiger partial charge in [-0.15, -0.1) is 0 Å². The molecule has 0 spiro atoms. The molecule has 0 bridgehead atoms. The van der Waals surface area contributed by atoms with E-state index in [9.17, 15) is 0 Å². The summed E-state index contributed by atoms with van der Waals surface area (Å²) in [5, 5.41) is 7.86. The second-order valence-electron chi connectivity index (χ2n) is 15.0. The van der Waals surface area contributed by atoms with Crippen LogP contribution in [0.2, 0.25) is 0 Å². The molecule has 6 aromatic carbocycles. The number of aromatic nitrogens is 2. The summed E-state index contributed by atoms with van der Waals surface area (Å²) >= 11 is 0. The first-order chi connectivity index (χ1) is 25.3. The van der Waals surface area contributed by atoms with Crippen molar-refractivity contribution in [3.63, 3.8) is 0 Å². The maximum absolute atomic E-state index is 4.91. The Morgan fingerprint density at radius 3 is 1.87 bits per heavy atom. The van der Waals surface area contributed by atoms with Crippen LogP contribution in [-0.2, 0) is 0 Å². The van der Waals surface area contributed by atoms with Gasteiger partial charge in [-0.2, -0.15) is 0 Å². The van der Waals surface area contributed by atoms with E-state index in [0.717, 1.165) is 18.0 Å². The molecule has 5 heteroatoms. The van der Waals surface area contributed by atoms with Crippen molar-refractivity contribution in [2.75, 3.05) is 16.5 Å². The highest BCUT2D eigenvalue weighted by atomic mass is 28.3. The zero-order valence-corrected chi connectivity index (χ0v) is 31.2. The van der Waals surface area contributed by atoms with Crippen LogP contribution < -0.4 is 30.5 Å². The van der Waals surface area contributed by atoms with E-state index in [2.05, 4.69) is 206 Å². The molecule has 1 aliphatic rings. The van der Waals surface area contributed by atoms with Gasteiger partial charge in [0, 0.05) is 28.2 Å². The smallest absolute Gasteiger partial charge is 0.179 e. The van der Waals surface area contributed by atoms with Crippen molar-refractivity contribution in [3.05, 3.63) is 176 Å². The third-order valence-corrected chi connectivity index (χ3v) is 15.6. The molecule has 8 aromatic rings. The second kappa shape index (κ2) is 12.4. The van der Waals surface area contributed by atoms with E-state index >= 15 is 0 Å². The molecule has 52 heavy (non-hydrogen) atoms. The number of aryl methyl sites for hydroxylation is 1. The van der Waals surface area contributed by atoms with Crippen molar-refractivity contribution in [1.29, 1.82) is 0 Å². The lowest BCUT2D eigenvalue weighted by atomic mass is 10.1. The molecule has 4 nitrogen and oxygen atoms in total. The standard InChI is InChI=1S/C47H42N4Si/c1-34-28-29-48-46(30-34)51-42-23-12-11-22-40(42)41-27-26-39(32-45(41)51)52(36-17-7-5-8-18-36,37-19-9-6-10-20-37)38-21-15-16-35(31-38)49-33-50(47(2,3)4)44-25-14-13-24-43(44)49/h5-32H,33H2,1-4H3. The number of rotatable bonds is 6.